The standard InChI is InChI=1S/C18H14N8OS2/c1-11-5-6-15(27-2)14(8-11)26-17(21-23-24-26)29-18-22-25-10-13(20-16(25)28-18)12-4-3-7-19-9-12/h3-10H,1-2H3. The highest BCUT2D eigenvalue weighted by Gasteiger charge is 2.17. The third-order valence-corrected chi connectivity index (χ3v) is 6.07. The van der Waals surface area contributed by atoms with Crippen LogP contribution in [0.15, 0.2) is 58.4 Å². The molecule has 0 spiro atoms. The lowest BCUT2D eigenvalue weighted by Gasteiger charge is -2.09. The number of hydrogen-bond donors (Lipinski definition) is 0. The molecule has 0 amide bonds. The Morgan fingerprint density at radius 3 is 2.93 bits per heavy atom. The lowest BCUT2D eigenvalue weighted by atomic mass is 10.2. The van der Waals surface area contributed by atoms with Crippen molar-refractivity contribution < 1.29 is 4.74 Å². The largest absolute Gasteiger partial charge is 0.494 e. The van der Waals surface area contributed by atoms with Gasteiger partial charge in [0.2, 0.25) is 10.1 Å². The molecule has 5 rings (SSSR count). The minimum Gasteiger partial charge on any atom is -0.494 e. The minimum absolute atomic E-state index is 0.596. The third-order valence-electron chi connectivity index (χ3n) is 4.16. The molecule has 0 bridgehead atoms. The first-order chi connectivity index (χ1) is 14.2. The summed E-state index contributed by atoms with van der Waals surface area (Å²) < 4.78 is 9.66. The maximum atomic E-state index is 5.46. The third kappa shape index (κ3) is 3.34. The number of rotatable bonds is 5. The van der Waals surface area contributed by atoms with E-state index in [1.54, 1.807) is 28.7 Å². The number of hydrogen-bond acceptors (Lipinski definition) is 9. The summed E-state index contributed by atoms with van der Waals surface area (Å²) in [4.78, 5) is 9.57. The SMILES string of the molecule is COc1ccc(C)cc1-n1nnnc1Sc1nn2cc(-c3cccnc3)nc2s1. The molecule has 11 heteroatoms. The van der Waals surface area contributed by atoms with Crippen LogP contribution in [0.25, 0.3) is 21.9 Å². The van der Waals surface area contributed by atoms with Gasteiger partial charge in [-0.05, 0) is 58.9 Å². The molecule has 0 saturated heterocycles. The van der Waals surface area contributed by atoms with Gasteiger partial charge in [-0.2, -0.15) is 4.68 Å². The van der Waals surface area contributed by atoms with Gasteiger partial charge in [0, 0.05) is 18.0 Å². The van der Waals surface area contributed by atoms with Crippen molar-refractivity contribution in [2.24, 2.45) is 0 Å². The van der Waals surface area contributed by atoms with E-state index in [-0.39, 0.29) is 0 Å². The first-order valence-corrected chi connectivity index (χ1v) is 10.2. The summed E-state index contributed by atoms with van der Waals surface area (Å²) in [5.74, 6) is 0.694. The van der Waals surface area contributed by atoms with Crippen LogP contribution in [0.4, 0.5) is 0 Å². The van der Waals surface area contributed by atoms with Gasteiger partial charge in [-0.3, -0.25) is 4.98 Å². The Morgan fingerprint density at radius 2 is 2.14 bits per heavy atom. The molecule has 0 aliphatic carbocycles. The second kappa shape index (κ2) is 7.26. The Hall–Kier alpha value is -3.31. The molecule has 0 radical (unpaired) electrons. The number of methoxy groups -OCH3 is 1. The molecular formula is C18H14N8OS2. The summed E-state index contributed by atoms with van der Waals surface area (Å²) in [6, 6.07) is 9.72. The molecule has 4 aromatic heterocycles. The fourth-order valence-electron chi connectivity index (χ4n) is 2.81. The number of aromatic nitrogens is 8. The predicted octanol–water partition coefficient (Wildman–Crippen LogP) is 3.30. The van der Waals surface area contributed by atoms with Gasteiger partial charge < -0.3 is 4.74 Å². The molecule has 0 N–H and O–H groups in total. The van der Waals surface area contributed by atoms with Gasteiger partial charge >= 0.3 is 0 Å². The average Bonchev–Trinajstić information content (AvgIpc) is 3.44. The quantitative estimate of drug-likeness (QED) is 0.426. The van der Waals surface area contributed by atoms with E-state index in [4.69, 9.17) is 4.74 Å². The summed E-state index contributed by atoms with van der Waals surface area (Å²) in [5, 5.41) is 17.3. The normalized spacial score (nSPS) is 11.2. The summed E-state index contributed by atoms with van der Waals surface area (Å²) in [7, 11) is 1.63. The van der Waals surface area contributed by atoms with Crippen LogP contribution in [-0.2, 0) is 0 Å². The van der Waals surface area contributed by atoms with Gasteiger partial charge in [0.25, 0.3) is 0 Å². The van der Waals surface area contributed by atoms with Crippen molar-refractivity contribution in [3.63, 3.8) is 0 Å². The topological polar surface area (TPSA) is 95.9 Å². The van der Waals surface area contributed by atoms with E-state index in [0.717, 1.165) is 31.8 Å². The Labute approximate surface area is 173 Å². The van der Waals surface area contributed by atoms with E-state index >= 15 is 0 Å². The van der Waals surface area contributed by atoms with Gasteiger partial charge in [0.05, 0.1) is 19.0 Å². The van der Waals surface area contributed by atoms with E-state index in [2.05, 4.69) is 30.6 Å². The number of nitrogens with zero attached hydrogens (tertiary/aromatic N) is 8. The summed E-state index contributed by atoms with van der Waals surface area (Å²) in [5.41, 5.74) is 3.65. The second-order valence-electron chi connectivity index (χ2n) is 6.11. The molecule has 4 heterocycles. The number of tetrazole rings is 1. The van der Waals surface area contributed by atoms with Gasteiger partial charge in [0.15, 0.2) is 4.34 Å². The molecule has 0 unspecified atom stereocenters. The average molecular weight is 422 g/mol. The van der Waals surface area contributed by atoms with E-state index in [0.29, 0.717) is 10.9 Å². The van der Waals surface area contributed by atoms with Gasteiger partial charge in [-0.15, -0.1) is 10.2 Å². The highest BCUT2D eigenvalue weighted by atomic mass is 32.2. The van der Waals surface area contributed by atoms with Crippen molar-refractivity contribution in [2.75, 3.05) is 7.11 Å². The van der Waals surface area contributed by atoms with Crippen molar-refractivity contribution in [1.82, 2.24) is 39.8 Å². The van der Waals surface area contributed by atoms with Crippen LogP contribution in [0.3, 0.4) is 0 Å². The van der Waals surface area contributed by atoms with E-state index in [9.17, 15) is 0 Å². The van der Waals surface area contributed by atoms with Crippen LogP contribution in [0.1, 0.15) is 5.56 Å². The van der Waals surface area contributed by atoms with Crippen molar-refractivity contribution in [1.29, 1.82) is 0 Å². The number of imidazole rings is 1. The van der Waals surface area contributed by atoms with Crippen LogP contribution in [0, 0.1) is 6.92 Å². The van der Waals surface area contributed by atoms with Gasteiger partial charge in [-0.1, -0.05) is 17.4 Å². The Morgan fingerprint density at radius 1 is 1.21 bits per heavy atom. The van der Waals surface area contributed by atoms with E-state index < -0.39 is 0 Å². The highest BCUT2D eigenvalue weighted by Crippen LogP contribution is 2.33. The zero-order valence-electron chi connectivity index (χ0n) is 15.4. The van der Waals surface area contributed by atoms with Crippen LogP contribution < -0.4 is 4.74 Å². The van der Waals surface area contributed by atoms with Crippen molar-refractivity contribution in [2.45, 2.75) is 16.4 Å². The first kappa shape index (κ1) is 17.8. The molecule has 29 heavy (non-hydrogen) atoms. The molecule has 0 saturated carbocycles. The summed E-state index contributed by atoms with van der Waals surface area (Å²) in [6.45, 7) is 2.01. The number of ether oxygens (including phenoxy) is 1. The smallest absolute Gasteiger partial charge is 0.221 e. The summed E-state index contributed by atoms with van der Waals surface area (Å²) in [6.07, 6.45) is 5.41. The monoisotopic (exact) mass is 422 g/mol. The molecule has 0 aliphatic rings. The number of benzene rings is 1. The zero-order valence-corrected chi connectivity index (χ0v) is 17.1. The maximum Gasteiger partial charge on any atom is 0.221 e. The number of aryl methyl sites for hydroxylation is 1. The fraction of sp³-hybridized carbons (Fsp3) is 0.111. The molecular weight excluding hydrogens is 408 g/mol. The van der Waals surface area contributed by atoms with Crippen LogP contribution in [-0.4, -0.2) is 46.9 Å². The molecule has 1 aromatic carbocycles. The lowest BCUT2D eigenvalue weighted by Crippen LogP contribution is -2.02. The van der Waals surface area contributed by atoms with Crippen LogP contribution >= 0.6 is 23.1 Å². The first-order valence-electron chi connectivity index (χ1n) is 8.59. The molecule has 0 fully saturated rings. The predicted molar refractivity (Wildman–Crippen MR) is 109 cm³/mol. The Kier molecular flexibility index (Phi) is 4.45. The zero-order chi connectivity index (χ0) is 19.8. The molecule has 0 atom stereocenters. The van der Waals surface area contributed by atoms with Gasteiger partial charge in [-0.25, -0.2) is 9.50 Å². The van der Waals surface area contributed by atoms with Crippen LogP contribution in [0.5, 0.6) is 5.75 Å². The van der Waals surface area contributed by atoms with Crippen LogP contribution in [0.2, 0.25) is 0 Å². The van der Waals surface area contributed by atoms with Crippen molar-refractivity contribution >= 4 is 28.1 Å². The number of pyridine rings is 1. The minimum atomic E-state index is 0.596. The Bertz CT molecular complexity index is 1260. The van der Waals surface area contributed by atoms with Crippen molar-refractivity contribution in [3.8, 4) is 22.7 Å². The summed E-state index contributed by atoms with van der Waals surface area (Å²) >= 11 is 2.85. The maximum absolute atomic E-state index is 5.46. The van der Waals surface area contributed by atoms with Gasteiger partial charge in [0.1, 0.15) is 11.4 Å². The fourth-order valence-corrected chi connectivity index (χ4v) is 4.63. The lowest BCUT2D eigenvalue weighted by molar-refractivity contribution is 0.410. The highest BCUT2D eigenvalue weighted by molar-refractivity contribution is 8.01. The van der Waals surface area contributed by atoms with E-state index in [1.807, 2.05) is 43.5 Å². The Balaban J connectivity index is 1.46. The molecule has 0 aliphatic heterocycles. The van der Waals surface area contributed by atoms with Crippen molar-refractivity contribution in [3.05, 3.63) is 54.5 Å². The molecule has 5 aromatic rings. The molecule has 9 nitrogen and oxygen atoms in total. The number of fused-ring (bicyclic) bond motifs is 1. The second-order valence-corrected chi connectivity index (χ2v) is 8.28. The molecule has 144 valence electrons. The van der Waals surface area contributed by atoms with E-state index in [1.165, 1.54) is 23.1 Å².